The lowest BCUT2D eigenvalue weighted by Gasteiger charge is -1.99. The molecule has 11 heteroatoms. The Bertz CT molecular complexity index is 1050. The van der Waals surface area contributed by atoms with Gasteiger partial charge in [0.1, 0.15) is 11.0 Å². The summed E-state index contributed by atoms with van der Waals surface area (Å²) in [7, 11) is 1.86. The number of nitrogens with zero attached hydrogens (tertiary/aromatic N) is 5. The van der Waals surface area contributed by atoms with E-state index in [-0.39, 0.29) is 16.8 Å². The molecule has 2 heterocycles. The minimum Gasteiger partial charge on any atom is -0.358 e. The highest BCUT2D eigenvalue weighted by atomic mass is 79.9. The molecule has 0 aliphatic carbocycles. The van der Waals surface area contributed by atoms with Gasteiger partial charge in [0, 0.05) is 7.05 Å². The van der Waals surface area contributed by atoms with E-state index in [1.165, 1.54) is 16.0 Å². The van der Waals surface area contributed by atoms with Gasteiger partial charge in [-0.15, -0.1) is 5.10 Å². The van der Waals surface area contributed by atoms with Gasteiger partial charge in [-0.2, -0.15) is 4.68 Å². The van der Waals surface area contributed by atoms with Crippen LogP contribution in [-0.4, -0.2) is 25.2 Å². The number of amides is 1. The summed E-state index contributed by atoms with van der Waals surface area (Å²) >= 11 is 4.56. The van der Waals surface area contributed by atoms with Crippen LogP contribution in [0.15, 0.2) is 33.8 Å². The largest absolute Gasteiger partial charge is 0.404 e. The second-order valence-electron chi connectivity index (χ2n) is 5.20. The van der Waals surface area contributed by atoms with Gasteiger partial charge in [0.05, 0.1) is 21.0 Å². The van der Waals surface area contributed by atoms with Crippen molar-refractivity contribution in [1.82, 2.24) is 19.8 Å². The maximum atomic E-state index is 12.1. The minimum atomic E-state index is -0.604. The molecule has 9 nitrogen and oxygen atoms in total. The highest BCUT2D eigenvalue weighted by Gasteiger charge is 2.24. The Labute approximate surface area is 153 Å². The summed E-state index contributed by atoms with van der Waals surface area (Å²) in [6, 6.07) is 7.82. The third kappa shape index (κ3) is 3.33. The third-order valence-corrected chi connectivity index (χ3v) is 5.62. The molecule has 130 valence electrons. The molecule has 0 aliphatic heterocycles. The van der Waals surface area contributed by atoms with Crippen molar-refractivity contribution in [3.05, 3.63) is 49.3 Å². The average molecular weight is 425 g/mol. The number of aromatic nitrogens is 3. The molecule has 1 aromatic carbocycles. The van der Waals surface area contributed by atoms with Crippen LogP contribution in [0.1, 0.15) is 5.69 Å². The molecule has 1 N–H and O–H groups in total. The number of nitrogens with one attached hydrogen (secondary N) is 1. The summed E-state index contributed by atoms with van der Waals surface area (Å²) in [6.45, 7) is 1.47. The Morgan fingerprint density at radius 3 is 2.84 bits per heavy atom. The van der Waals surface area contributed by atoms with E-state index in [4.69, 9.17) is 0 Å². The van der Waals surface area contributed by atoms with Crippen LogP contribution >= 0.6 is 27.3 Å². The molecule has 1 amide bonds. The molecule has 0 atom stereocenters. The Morgan fingerprint density at radius 2 is 2.20 bits per heavy atom. The normalized spacial score (nSPS) is 11.9. The number of carbonyl (C=O) groups is 1. The molecule has 0 radical (unpaired) electrons. The zero-order chi connectivity index (χ0) is 18.1. The molecule has 0 saturated heterocycles. The molecule has 0 spiro atoms. The molecule has 3 aromatic rings. The number of aryl methyl sites for hydroxylation is 1. The van der Waals surface area contributed by atoms with Crippen molar-refractivity contribution in [2.24, 2.45) is 12.1 Å². The van der Waals surface area contributed by atoms with E-state index < -0.39 is 10.8 Å². The zero-order valence-corrected chi connectivity index (χ0v) is 15.7. The number of hydrogen-bond acceptors (Lipinski definition) is 6. The molecule has 0 fully saturated rings. The van der Waals surface area contributed by atoms with E-state index in [0.29, 0.717) is 10.5 Å². The maximum Gasteiger partial charge on any atom is 0.404 e. The van der Waals surface area contributed by atoms with E-state index >= 15 is 0 Å². The molecular formula is C14H13BrN6O3S. The van der Waals surface area contributed by atoms with Crippen LogP contribution in [0.25, 0.3) is 10.2 Å². The van der Waals surface area contributed by atoms with Crippen molar-refractivity contribution in [1.29, 1.82) is 0 Å². The van der Waals surface area contributed by atoms with Gasteiger partial charge in [-0.3, -0.25) is 4.79 Å². The lowest BCUT2D eigenvalue weighted by molar-refractivity contribution is -0.390. The van der Waals surface area contributed by atoms with E-state index in [1.54, 1.807) is 6.92 Å². The summed E-state index contributed by atoms with van der Waals surface area (Å²) in [5, 5.41) is 18.8. The number of halogens is 1. The van der Waals surface area contributed by atoms with Crippen LogP contribution in [-0.2, 0) is 18.4 Å². The van der Waals surface area contributed by atoms with Crippen molar-refractivity contribution in [3.63, 3.8) is 0 Å². The van der Waals surface area contributed by atoms with Crippen LogP contribution in [0.4, 0.5) is 5.82 Å². The Kier molecular flexibility index (Phi) is 4.68. The van der Waals surface area contributed by atoms with Gasteiger partial charge in [0.15, 0.2) is 0 Å². The number of rotatable bonds is 4. The van der Waals surface area contributed by atoms with Gasteiger partial charge >= 0.3 is 5.82 Å². The topological polar surface area (TPSA) is 107 Å². The van der Waals surface area contributed by atoms with E-state index in [9.17, 15) is 14.9 Å². The molecule has 0 aliphatic rings. The fraction of sp³-hybridized carbons (Fsp3) is 0.214. The van der Waals surface area contributed by atoms with Crippen LogP contribution in [0, 0.1) is 17.0 Å². The Morgan fingerprint density at radius 1 is 1.48 bits per heavy atom. The zero-order valence-electron chi connectivity index (χ0n) is 13.3. The van der Waals surface area contributed by atoms with Crippen LogP contribution in [0.3, 0.4) is 0 Å². The van der Waals surface area contributed by atoms with Crippen molar-refractivity contribution >= 4 is 49.2 Å². The molecule has 0 unspecified atom stereocenters. The first-order valence-corrected chi connectivity index (χ1v) is 8.74. The number of nitro groups is 1. The van der Waals surface area contributed by atoms with Crippen molar-refractivity contribution < 1.29 is 9.72 Å². The number of hydrogen-bond donors (Lipinski definition) is 1. The second-order valence-corrected chi connectivity index (χ2v) is 7.00. The summed E-state index contributed by atoms with van der Waals surface area (Å²) < 4.78 is 4.46. The van der Waals surface area contributed by atoms with Crippen molar-refractivity contribution in [2.45, 2.75) is 13.5 Å². The first-order valence-electron chi connectivity index (χ1n) is 7.13. The number of carbonyl (C=O) groups excluding carboxylic acids is 1. The lowest BCUT2D eigenvalue weighted by atomic mass is 10.3. The van der Waals surface area contributed by atoms with Crippen LogP contribution in [0.5, 0.6) is 0 Å². The van der Waals surface area contributed by atoms with E-state index in [2.05, 4.69) is 31.6 Å². The fourth-order valence-electron chi connectivity index (χ4n) is 2.25. The summed E-state index contributed by atoms with van der Waals surface area (Å²) in [4.78, 5) is 23.0. The summed E-state index contributed by atoms with van der Waals surface area (Å²) in [6.07, 6.45) is 0. The Balaban J connectivity index is 1.80. The van der Waals surface area contributed by atoms with Crippen molar-refractivity contribution in [2.75, 3.05) is 0 Å². The Hall–Kier alpha value is -2.53. The molecule has 0 saturated carbocycles. The summed E-state index contributed by atoms with van der Waals surface area (Å²) in [5.74, 6) is -0.747. The van der Waals surface area contributed by atoms with Gasteiger partial charge in [-0.05, 0) is 39.9 Å². The van der Waals surface area contributed by atoms with Gasteiger partial charge in [-0.1, -0.05) is 23.5 Å². The molecule has 25 heavy (non-hydrogen) atoms. The first-order chi connectivity index (χ1) is 11.9. The number of benzene rings is 1. The highest BCUT2D eigenvalue weighted by Crippen LogP contribution is 2.26. The average Bonchev–Trinajstić information content (AvgIpc) is 3.05. The van der Waals surface area contributed by atoms with Crippen LogP contribution < -0.4 is 10.2 Å². The standard InChI is InChI=1S/C14H13BrN6O3S/c1-8-12(15)13(21(23)24)18-20(8)7-11(22)16-17-14-19(2)9-5-3-4-6-10(9)25-14/h3-6H,7H2,1-2H3,(H,16,22)/b17-14+. The molecule has 2 aromatic heterocycles. The highest BCUT2D eigenvalue weighted by molar-refractivity contribution is 9.10. The molecule has 3 rings (SSSR count). The van der Waals surface area contributed by atoms with Gasteiger partial charge in [0.2, 0.25) is 4.80 Å². The quantitative estimate of drug-likeness (QED) is 0.510. The van der Waals surface area contributed by atoms with Gasteiger partial charge in [-0.25, -0.2) is 5.43 Å². The smallest absolute Gasteiger partial charge is 0.358 e. The maximum absolute atomic E-state index is 12.1. The van der Waals surface area contributed by atoms with E-state index in [0.717, 1.165) is 10.2 Å². The van der Waals surface area contributed by atoms with Crippen molar-refractivity contribution in [3.8, 4) is 0 Å². The molecule has 0 bridgehead atoms. The number of para-hydroxylation sites is 1. The SMILES string of the molecule is Cc1c(Br)c([N+](=O)[O-])nn1CC(=O)N/N=c1/sc2ccccc2n1C. The predicted octanol–water partition coefficient (Wildman–Crippen LogP) is 2.05. The predicted molar refractivity (Wildman–Crippen MR) is 95.8 cm³/mol. The fourth-order valence-corrected chi connectivity index (χ4v) is 3.66. The number of fused-ring (bicyclic) bond motifs is 1. The summed E-state index contributed by atoms with van der Waals surface area (Å²) in [5.41, 5.74) is 3.98. The van der Waals surface area contributed by atoms with Gasteiger partial charge in [0.25, 0.3) is 5.91 Å². The third-order valence-electron chi connectivity index (χ3n) is 3.57. The molecular weight excluding hydrogens is 412 g/mol. The van der Waals surface area contributed by atoms with E-state index in [1.807, 2.05) is 35.9 Å². The number of thiazole rings is 1. The van der Waals surface area contributed by atoms with Crippen LogP contribution in [0.2, 0.25) is 0 Å². The van der Waals surface area contributed by atoms with Gasteiger partial charge < -0.3 is 14.7 Å². The first kappa shape index (κ1) is 17.3. The monoisotopic (exact) mass is 424 g/mol. The lowest BCUT2D eigenvalue weighted by Crippen LogP contribution is -2.27. The second kappa shape index (κ2) is 6.76. The minimum absolute atomic E-state index is 0.170.